The van der Waals surface area contributed by atoms with Crippen molar-refractivity contribution >= 4 is 16.9 Å². The molecule has 9 nitrogen and oxygen atoms in total. The second-order valence-corrected chi connectivity index (χ2v) is 8.01. The molecule has 3 aromatic carbocycles. The van der Waals surface area contributed by atoms with Crippen LogP contribution in [0.1, 0.15) is 23.5 Å². The lowest BCUT2D eigenvalue weighted by molar-refractivity contribution is -0.135. The molecular weight excluding hydrogens is 482 g/mol. The van der Waals surface area contributed by atoms with Gasteiger partial charge < -0.3 is 34.3 Å². The van der Waals surface area contributed by atoms with Crippen molar-refractivity contribution in [2.24, 2.45) is 0 Å². The van der Waals surface area contributed by atoms with Crippen molar-refractivity contribution in [2.45, 2.75) is 19.0 Å². The van der Waals surface area contributed by atoms with Crippen LogP contribution in [0.2, 0.25) is 0 Å². The number of fused-ring (bicyclic) bond motifs is 3. The SMILES string of the molecule is O=C1C[C@@H](c2cccc(OC(F)F)c2)c2c(cc(O)c3c(=O)c(O)c(-c4ccc(O)c(O)c4)oc23)O1. The molecule has 4 aromatic rings. The van der Waals surface area contributed by atoms with Gasteiger partial charge in [0, 0.05) is 23.1 Å². The van der Waals surface area contributed by atoms with Gasteiger partial charge in [-0.15, -0.1) is 0 Å². The predicted octanol–water partition coefficient (Wildman–Crippen LogP) is 4.32. The van der Waals surface area contributed by atoms with Crippen molar-refractivity contribution in [1.82, 2.24) is 0 Å². The Morgan fingerprint density at radius 1 is 0.944 bits per heavy atom. The van der Waals surface area contributed by atoms with Crippen LogP contribution in [0.25, 0.3) is 22.3 Å². The molecule has 4 N–H and O–H groups in total. The van der Waals surface area contributed by atoms with Gasteiger partial charge >= 0.3 is 12.6 Å². The van der Waals surface area contributed by atoms with E-state index in [2.05, 4.69) is 4.74 Å². The number of esters is 1. The van der Waals surface area contributed by atoms with E-state index in [0.29, 0.717) is 5.56 Å². The topological polar surface area (TPSA) is 147 Å². The van der Waals surface area contributed by atoms with Gasteiger partial charge in [0.05, 0.1) is 6.42 Å². The fraction of sp³-hybridized carbons (Fsp3) is 0.120. The number of hydrogen-bond donors (Lipinski definition) is 4. The summed E-state index contributed by atoms with van der Waals surface area (Å²) in [7, 11) is 0. The highest BCUT2D eigenvalue weighted by molar-refractivity contribution is 5.94. The molecule has 0 saturated carbocycles. The largest absolute Gasteiger partial charge is 0.507 e. The van der Waals surface area contributed by atoms with E-state index in [1.807, 2.05) is 0 Å². The lowest BCUT2D eigenvalue weighted by Crippen LogP contribution is -2.22. The molecule has 1 aliphatic rings. The van der Waals surface area contributed by atoms with Crippen molar-refractivity contribution < 1.29 is 47.9 Å². The van der Waals surface area contributed by atoms with E-state index in [0.717, 1.165) is 18.2 Å². The third-order valence-electron chi connectivity index (χ3n) is 5.79. The van der Waals surface area contributed by atoms with Crippen LogP contribution in [0.15, 0.2) is 57.7 Å². The summed E-state index contributed by atoms with van der Waals surface area (Å²) in [5, 5.41) is 40.1. The van der Waals surface area contributed by atoms with Crippen LogP contribution in [0.5, 0.6) is 34.5 Å². The Morgan fingerprint density at radius 2 is 1.72 bits per heavy atom. The number of phenolic OH excluding ortho intramolecular Hbond substituents is 3. The third-order valence-corrected chi connectivity index (χ3v) is 5.79. The molecule has 2 heterocycles. The Labute approximate surface area is 200 Å². The Kier molecular flexibility index (Phi) is 5.39. The summed E-state index contributed by atoms with van der Waals surface area (Å²) in [5.41, 5.74) is -0.705. The minimum Gasteiger partial charge on any atom is -0.507 e. The number of benzene rings is 3. The highest BCUT2D eigenvalue weighted by Gasteiger charge is 2.34. The van der Waals surface area contributed by atoms with Gasteiger partial charge in [-0.1, -0.05) is 12.1 Å². The first-order valence-corrected chi connectivity index (χ1v) is 10.5. The normalized spacial score (nSPS) is 15.1. The fourth-order valence-electron chi connectivity index (χ4n) is 4.23. The summed E-state index contributed by atoms with van der Waals surface area (Å²) in [6, 6.07) is 10.1. The fourth-order valence-corrected chi connectivity index (χ4v) is 4.23. The Bertz CT molecular complexity index is 1590. The maximum atomic E-state index is 13.1. The number of aromatic hydroxyl groups is 4. The second-order valence-electron chi connectivity index (χ2n) is 8.01. The standard InChI is InChI=1S/C25H16F2O9/c26-25(27)34-12-3-1-2-10(6-12)13-8-18(31)35-17-9-16(30)20-21(32)22(33)23(36-24(20)19(13)17)11-4-5-14(28)15(29)7-11/h1-7,9,13,25,28-30,33H,8H2/t13-/m0/s1. The van der Waals surface area contributed by atoms with E-state index in [-0.39, 0.29) is 40.4 Å². The second kappa shape index (κ2) is 8.45. The smallest absolute Gasteiger partial charge is 0.387 e. The zero-order valence-corrected chi connectivity index (χ0v) is 18.1. The Morgan fingerprint density at radius 3 is 2.44 bits per heavy atom. The monoisotopic (exact) mass is 498 g/mol. The summed E-state index contributed by atoms with van der Waals surface area (Å²) in [6.45, 7) is -3.08. The molecule has 0 aliphatic carbocycles. The van der Waals surface area contributed by atoms with E-state index >= 15 is 0 Å². The molecule has 0 saturated heterocycles. The van der Waals surface area contributed by atoms with Crippen molar-refractivity contribution in [3.8, 4) is 45.8 Å². The molecule has 36 heavy (non-hydrogen) atoms. The summed E-state index contributed by atoms with van der Waals surface area (Å²) in [5.74, 6) is -4.73. The number of halogens is 2. The number of hydrogen-bond acceptors (Lipinski definition) is 9. The molecule has 0 unspecified atom stereocenters. The molecule has 11 heteroatoms. The molecule has 0 fully saturated rings. The highest BCUT2D eigenvalue weighted by Crippen LogP contribution is 2.47. The molecule has 1 aliphatic heterocycles. The average Bonchev–Trinajstić information content (AvgIpc) is 2.82. The van der Waals surface area contributed by atoms with Crippen LogP contribution >= 0.6 is 0 Å². The molecule has 1 aromatic heterocycles. The molecule has 0 bridgehead atoms. The average molecular weight is 498 g/mol. The first kappa shape index (κ1) is 23.0. The van der Waals surface area contributed by atoms with E-state index in [1.165, 1.54) is 24.3 Å². The van der Waals surface area contributed by atoms with E-state index in [4.69, 9.17) is 9.15 Å². The van der Waals surface area contributed by atoms with E-state index in [1.54, 1.807) is 6.07 Å². The van der Waals surface area contributed by atoms with Crippen molar-refractivity contribution in [1.29, 1.82) is 0 Å². The number of phenols is 3. The van der Waals surface area contributed by atoms with Gasteiger partial charge in [0.15, 0.2) is 17.3 Å². The first-order chi connectivity index (χ1) is 17.1. The molecule has 0 amide bonds. The summed E-state index contributed by atoms with van der Waals surface area (Å²) in [6.07, 6.45) is -0.259. The summed E-state index contributed by atoms with van der Waals surface area (Å²) < 4.78 is 41.1. The lowest BCUT2D eigenvalue weighted by atomic mass is 9.85. The number of carbonyl (C=O) groups excluding carboxylic acids is 1. The van der Waals surface area contributed by atoms with Gasteiger partial charge in [0.25, 0.3) is 0 Å². The number of carbonyl (C=O) groups is 1. The summed E-state index contributed by atoms with van der Waals surface area (Å²) in [4.78, 5) is 25.4. The maximum absolute atomic E-state index is 13.1. The maximum Gasteiger partial charge on any atom is 0.387 e. The number of ether oxygens (including phenoxy) is 2. The number of alkyl halides is 2. The molecule has 1 atom stereocenters. The predicted molar refractivity (Wildman–Crippen MR) is 120 cm³/mol. The van der Waals surface area contributed by atoms with Gasteiger partial charge in [0.1, 0.15) is 28.2 Å². The van der Waals surface area contributed by atoms with E-state index in [9.17, 15) is 38.8 Å². The van der Waals surface area contributed by atoms with Gasteiger partial charge in [-0.25, -0.2) is 0 Å². The lowest BCUT2D eigenvalue weighted by Gasteiger charge is -2.26. The minimum atomic E-state index is -3.08. The molecule has 184 valence electrons. The molecule has 0 spiro atoms. The third kappa shape index (κ3) is 3.80. The van der Waals surface area contributed by atoms with Gasteiger partial charge in [-0.05, 0) is 35.9 Å². The van der Waals surface area contributed by atoms with Gasteiger partial charge in [0.2, 0.25) is 11.2 Å². The van der Waals surface area contributed by atoms with Crippen molar-refractivity contribution in [3.63, 3.8) is 0 Å². The Hall–Kier alpha value is -4.80. The molecular formula is C25H16F2O9. The van der Waals surface area contributed by atoms with Gasteiger partial charge in [-0.3, -0.25) is 9.59 Å². The quantitative estimate of drug-likeness (QED) is 0.183. The first-order valence-electron chi connectivity index (χ1n) is 10.5. The Balaban J connectivity index is 1.80. The molecule has 5 rings (SSSR count). The van der Waals surface area contributed by atoms with Crippen LogP contribution in [-0.4, -0.2) is 33.0 Å². The van der Waals surface area contributed by atoms with E-state index < -0.39 is 52.3 Å². The zero-order chi connectivity index (χ0) is 25.7. The van der Waals surface area contributed by atoms with Crippen LogP contribution < -0.4 is 14.9 Å². The number of rotatable bonds is 4. The van der Waals surface area contributed by atoms with Gasteiger partial charge in [-0.2, -0.15) is 8.78 Å². The highest BCUT2D eigenvalue weighted by atomic mass is 19.3. The van der Waals surface area contributed by atoms with Crippen LogP contribution in [-0.2, 0) is 4.79 Å². The minimum absolute atomic E-state index is 0.0237. The van der Waals surface area contributed by atoms with Crippen LogP contribution in [0.3, 0.4) is 0 Å². The summed E-state index contributed by atoms with van der Waals surface area (Å²) >= 11 is 0. The van der Waals surface area contributed by atoms with Crippen molar-refractivity contribution in [3.05, 3.63) is 69.9 Å². The van der Waals surface area contributed by atoms with Crippen LogP contribution in [0.4, 0.5) is 8.78 Å². The van der Waals surface area contributed by atoms with Crippen LogP contribution in [0, 0.1) is 0 Å². The van der Waals surface area contributed by atoms with Crippen molar-refractivity contribution in [2.75, 3.05) is 0 Å². The zero-order valence-electron chi connectivity index (χ0n) is 18.1. The molecule has 0 radical (unpaired) electrons.